The van der Waals surface area contributed by atoms with Gasteiger partial charge in [0.25, 0.3) is 0 Å². The quantitative estimate of drug-likeness (QED) is 0.588. The zero-order valence-electron chi connectivity index (χ0n) is 12.4. The first-order chi connectivity index (χ1) is 9.97. The van der Waals surface area contributed by atoms with E-state index in [0.29, 0.717) is 0 Å². The van der Waals surface area contributed by atoms with E-state index in [1.54, 1.807) is 0 Å². The molecule has 0 heterocycles. The van der Waals surface area contributed by atoms with Crippen LogP contribution in [0.1, 0.15) is 20.3 Å². The van der Waals surface area contributed by atoms with E-state index in [1.165, 1.54) is 18.9 Å². The van der Waals surface area contributed by atoms with Gasteiger partial charge in [-0.05, 0) is 30.2 Å². The molecule has 0 fully saturated rings. The molecule has 1 amide bonds. The Bertz CT molecular complexity index is 478. The second kappa shape index (κ2) is 9.10. The standard InChI is InChI=1S/C15H20BrNO3S/c1-4-10(2)14(15(19)20-3)17-13(18)9-21-12-7-5-11(16)6-8-12/h5-8,10,14H,4,9H2,1-3H3,(H,17,18). The highest BCUT2D eigenvalue weighted by Gasteiger charge is 2.26. The number of benzene rings is 1. The Labute approximate surface area is 138 Å². The van der Waals surface area contributed by atoms with Gasteiger partial charge in [-0.15, -0.1) is 11.8 Å². The summed E-state index contributed by atoms with van der Waals surface area (Å²) in [7, 11) is 1.33. The van der Waals surface area contributed by atoms with Crippen molar-refractivity contribution in [2.24, 2.45) is 5.92 Å². The summed E-state index contributed by atoms with van der Waals surface area (Å²) in [4.78, 5) is 24.7. The molecular formula is C15H20BrNO3S. The normalized spacial score (nSPS) is 13.3. The first-order valence-electron chi connectivity index (χ1n) is 6.73. The smallest absolute Gasteiger partial charge is 0.328 e. The van der Waals surface area contributed by atoms with Gasteiger partial charge in [0.05, 0.1) is 12.9 Å². The van der Waals surface area contributed by atoms with Crippen LogP contribution in [0.5, 0.6) is 0 Å². The fraction of sp³-hybridized carbons (Fsp3) is 0.467. The van der Waals surface area contributed by atoms with Gasteiger partial charge in [-0.25, -0.2) is 4.79 Å². The number of nitrogens with one attached hydrogen (secondary N) is 1. The van der Waals surface area contributed by atoms with Gasteiger partial charge in [-0.3, -0.25) is 4.79 Å². The lowest BCUT2D eigenvalue weighted by molar-refractivity contribution is -0.146. The van der Waals surface area contributed by atoms with E-state index < -0.39 is 12.0 Å². The Balaban J connectivity index is 2.53. The SMILES string of the molecule is CCC(C)C(NC(=O)CSc1ccc(Br)cc1)C(=O)OC. The van der Waals surface area contributed by atoms with Crippen molar-refractivity contribution in [1.29, 1.82) is 0 Å². The number of carbonyl (C=O) groups excluding carboxylic acids is 2. The van der Waals surface area contributed by atoms with Gasteiger partial charge < -0.3 is 10.1 Å². The highest BCUT2D eigenvalue weighted by molar-refractivity contribution is 9.10. The Morgan fingerprint density at radius 2 is 1.95 bits per heavy atom. The minimum atomic E-state index is -0.585. The van der Waals surface area contributed by atoms with E-state index in [-0.39, 0.29) is 17.6 Å². The lowest BCUT2D eigenvalue weighted by Crippen LogP contribution is -2.46. The molecule has 0 radical (unpaired) electrons. The van der Waals surface area contributed by atoms with E-state index >= 15 is 0 Å². The summed E-state index contributed by atoms with van der Waals surface area (Å²) >= 11 is 4.80. The molecule has 1 rings (SSSR count). The largest absolute Gasteiger partial charge is 0.467 e. The predicted molar refractivity (Wildman–Crippen MR) is 88.3 cm³/mol. The van der Waals surface area contributed by atoms with Crippen molar-refractivity contribution in [3.8, 4) is 0 Å². The Morgan fingerprint density at radius 3 is 2.48 bits per heavy atom. The number of rotatable bonds is 7. The molecule has 6 heteroatoms. The lowest BCUT2D eigenvalue weighted by atomic mass is 9.99. The summed E-state index contributed by atoms with van der Waals surface area (Å²) in [5, 5.41) is 2.76. The molecule has 0 spiro atoms. The average molecular weight is 374 g/mol. The van der Waals surface area contributed by atoms with Gasteiger partial charge in [0.1, 0.15) is 6.04 Å². The van der Waals surface area contributed by atoms with Crippen LogP contribution in [-0.2, 0) is 14.3 Å². The number of amides is 1. The van der Waals surface area contributed by atoms with Crippen molar-refractivity contribution in [3.05, 3.63) is 28.7 Å². The minimum absolute atomic E-state index is 0.0408. The van der Waals surface area contributed by atoms with Crippen LogP contribution in [0.4, 0.5) is 0 Å². The molecule has 4 nitrogen and oxygen atoms in total. The molecule has 21 heavy (non-hydrogen) atoms. The average Bonchev–Trinajstić information content (AvgIpc) is 2.50. The summed E-state index contributed by atoms with van der Waals surface area (Å²) in [5.74, 6) is -0.255. The molecule has 0 aliphatic rings. The number of thioether (sulfide) groups is 1. The molecule has 2 atom stereocenters. The van der Waals surface area contributed by atoms with E-state index in [9.17, 15) is 9.59 Å². The summed E-state index contributed by atoms with van der Waals surface area (Å²) in [5.41, 5.74) is 0. The van der Waals surface area contributed by atoms with E-state index in [4.69, 9.17) is 4.74 Å². The van der Waals surface area contributed by atoms with Crippen LogP contribution >= 0.6 is 27.7 Å². The highest BCUT2D eigenvalue weighted by Crippen LogP contribution is 2.20. The molecule has 0 aliphatic carbocycles. The molecule has 116 valence electrons. The van der Waals surface area contributed by atoms with Gasteiger partial charge >= 0.3 is 5.97 Å². The molecule has 0 bridgehead atoms. The van der Waals surface area contributed by atoms with Gasteiger partial charge in [-0.2, -0.15) is 0 Å². The van der Waals surface area contributed by atoms with Crippen LogP contribution in [0, 0.1) is 5.92 Å². The molecule has 0 aromatic heterocycles. The summed E-state index contributed by atoms with van der Waals surface area (Å²) in [6.07, 6.45) is 0.792. The number of methoxy groups -OCH3 is 1. The molecule has 0 saturated heterocycles. The number of ether oxygens (including phenoxy) is 1. The molecule has 0 aliphatic heterocycles. The maximum Gasteiger partial charge on any atom is 0.328 e. The van der Waals surface area contributed by atoms with Gasteiger partial charge in [0.15, 0.2) is 0 Å². The van der Waals surface area contributed by atoms with Gasteiger partial charge in [0.2, 0.25) is 5.91 Å². The Kier molecular flexibility index (Phi) is 7.82. The minimum Gasteiger partial charge on any atom is -0.467 e. The zero-order valence-corrected chi connectivity index (χ0v) is 14.8. The fourth-order valence-electron chi connectivity index (χ4n) is 1.69. The third kappa shape index (κ3) is 6.09. The van der Waals surface area contributed by atoms with Crippen LogP contribution in [-0.4, -0.2) is 30.8 Å². The molecule has 1 aromatic carbocycles. The van der Waals surface area contributed by atoms with Crippen LogP contribution in [0.25, 0.3) is 0 Å². The first kappa shape index (κ1) is 18.0. The maximum absolute atomic E-state index is 12.0. The summed E-state index contributed by atoms with van der Waals surface area (Å²) in [6, 6.07) is 7.15. The molecule has 0 saturated carbocycles. The van der Waals surface area contributed by atoms with Gasteiger partial charge in [-0.1, -0.05) is 36.2 Å². The topological polar surface area (TPSA) is 55.4 Å². The van der Waals surface area contributed by atoms with Crippen molar-refractivity contribution >= 4 is 39.6 Å². The number of hydrogen-bond donors (Lipinski definition) is 1. The monoisotopic (exact) mass is 373 g/mol. The Morgan fingerprint density at radius 1 is 1.33 bits per heavy atom. The second-order valence-electron chi connectivity index (χ2n) is 4.70. The van der Waals surface area contributed by atoms with Crippen molar-refractivity contribution in [3.63, 3.8) is 0 Å². The molecule has 2 unspecified atom stereocenters. The van der Waals surface area contributed by atoms with E-state index in [1.807, 2.05) is 38.1 Å². The third-order valence-corrected chi connectivity index (χ3v) is 4.71. The fourth-order valence-corrected chi connectivity index (χ4v) is 2.66. The summed E-state index contributed by atoms with van der Waals surface area (Å²) < 4.78 is 5.75. The Hall–Kier alpha value is -1.01. The second-order valence-corrected chi connectivity index (χ2v) is 6.66. The van der Waals surface area contributed by atoms with Crippen LogP contribution < -0.4 is 5.32 Å². The molecular weight excluding hydrogens is 354 g/mol. The predicted octanol–water partition coefficient (Wildman–Crippen LogP) is 3.25. The van der Waals surface area contributed by atoms with Crippen molar-refractivity contribution in [2.45, 2.75) is 31.2 Å². The lowest BCUT2D eigenvalue weighted by Gasteiger charge is -2.21. The molecule has 1 N–H and O–H groups in total. The van der Waals surface area contributed by atoms with Crippen molar-refractivity contribution in [2.75, 3.05) is 12.9 Å². The van der Waals surface area contributed by atoms with E-state index in [0.717, 1.165) is 15.8 Å². The maximum atomic E-state index is 12.0. The van der Waals surface area contributed by atoms with Crippen LogP contribution in [0.15, 0.2) is 33.6 Å². The number of carbonyl (C=O) groups is 2. The van der Waals surface area contributed by atoms with Crippen molar-refractivity contribution in [1.82, 2.24) is 5.32 Å². The highest BCUT2D eigenvalue weighted by atomic mass is 79.9. The first-order valence-corrected chi connectivity index (χ1v) is 8.51. The van der Waals surface area contributed by atoms with Crippen molar-refractivity contribution < 1.29 is 14.3 Å². The molecule has 1 aromatic rings. The number of hydrogen-bond acceptors (Lipinski definition) is 4. The number of halogens is 1. The third-order valence-electron chi connectivity index (χ3n) is 3.17. The zero-order chi connectivity index (χ0) is 15.8. The van der Waals surface area contributed by atoms with Crippen LogP contribution in [0.3, 0.4) is 0 Å². The summed E-state index contributed by atoms with van der Waals surface area (Å²) in [6.45, 7) is 3.90. The van der Waals surface area contributed by atoms with Crippen LogP contribution in [0.2, 0.25) is 0 Å². The van der Waals surface area contributed by atoms with E-state index in [2.05, 4.69) is 21.2 Å². The number of esters is 1. The van der Waals surface area contributed by atoms with Gasteiger partial charge in [0, 0.05) is 9.37 Å².